The summed E-state index contributed by atoms with van der Waals surface area (Å²) in [5, 5.41) is 2.60. The molecule has 1 saturated heterocycles. The third-order valence-corrected chi connectivity index (χ3v) is 5.18. The summed E-state index contributed by atoms with van der Waals surface area (Å²) in [6.45, 7) is 8.67. The average Bonchev–Trinajstić information content (AvgIpc) is 2.71. The van der Waals surface area contributed by atoms with Crippen LogP contribution in [-0.4, -0.2) is 54.2 Å². The van der Waals surface area contributed by atoms with Crippen molar-refractivity contribution in [3.8, 4) is 0 Å². The largest absolute Gasteiger partial charge is 0.453 e. The lowest BCUT2D eigenvalue weighted by Crippen LogP contribution is -2.44. The number of rotatable bonds is 8. The van der Waals surface area contributed by atoms with Crippen LogP contribution in [0.2, 0.25) is 0 Å². The third-order valence-electron chi connectivity index (χ3n) is 5.18. The van der Waals surface area contributed by atoms with Gasteiger partial charge in [-0.25, -0.2) is 4.79 Å². The smallest absolute Gasteiger partial charge is 0.407 e. The minimum atomic E-state index is -0.794. The maximum Gasteiger partial charge on any atom is 0.407 e. The zero-order chi connectivity index (χ0) is 22.9. The van der Waals surface area contributed by atoms with Crippen LogP contribution in [-0.2, 0) is 25.5 Å². The van der Waals surface area contributed by atoms with Gasteiger partial charge in [0.2, 0.25) is 0 Å². The molecule has 1 N–H and O–H groups in total. The lowest BCUT2D eigenvalue weighted by molar-refractivity contribution is -0.159. The van der Waals surface area contributed by atoms with Gasteiger partial charge in [0.1, 0.15) is 5.60 Å². The van der Waals surface area contributed by atoms with Crippen LogP contribution in [0.3, 0.4) is 0 Å². The number of carbonyl (C=O) groups excluding carboxylic acids is 3. The summed E-state index contributed by atoms with van der Waals surface area (Å²) in [7, 11) is 0. The van der Waals surface area contributed by atoms with E-state index in [1.54, 1.807) is 32.6 Å². The molecule has 1 aromatic carbocycles. The molecule has 0 aliphatic carbocycles. The molecule has 1 aromatic rings. The summed E-state index contributed by atoms with van der Waals surface area (Å²) >= 11 is 0. The van der Waals surface area contributed by atoms with Gasteiger partial charge in [-0.1, -0.05) is 30.3 Å². The molecule has 0 spiro atoms. The van der Waals surface area contributed by atoms with Gasteiger partial charge in [-0.2, -0.15) is 0 Å². The van der Waals surface area contributed by atoms with Gasteiger partial charge in [-0.3, -0.25) is 9.59 Å². The highest BCUT2D eigenvalue weighted by atomic mass is 16.6. The van der Waals surface area contributed by atoms with Gasteiger partial charge in [0, 0.05) is 26.1 Å². The fourth-order valence-electron chi connectivity index (χ4n) is 3.61. The number of alkyl carbamates (subject to hydrolysis) is 1. The van der Waals surface area contributed by atoms with Crippen LogP contribution in [0.1, 0.15) is 58.9 Å². The minimum absolute atomic E-state index is 0.132. The number of likely N-dealkylation sites (tertiary alicyclic amines) is 1. The molecule has 0 saturated carbocycles. The molecule has 0 bridgehead atoms. The van der Waals surface area contributed by atoms with E-state index in [0.717, 1.165) is 19.3 Å². The number of nitrogens with zero attached hydrogens (tertiary/aromatic N) is 1. The maximum atomic E-state index is 12.6. The van der Waals surface area contributed by atoms with Gasteiger partial charge >= 0.3 is 12.1 Å². The van der Waals surface area contributed by atoms with Crippen LogP contribution in [0.15, 0.2) is 30.3 Å². The van der Waals surface area contributed by atoms with Crippen molar-refractivity contribution in [1.29, 1.82) is 0 Å². The molecule has 7 heteroatoms. The summed E-state index contributed by atoms with van der Waals surface area (Å²) in [6.07, 6.45) is 2.19. The number of esters is 1. The Morgan fingerprint density at radius 2 is 1.77 bits per heavy atom. The van der Waals surface area contributed by atoms with Crippen molar-refractivity contribution in [2.45, 2.75) is 71.5 Å². The first-order valence-electron chi connectivity index (χ1n) is 11.1. The summed E-state index contributed by atoms with van der Waals surface area (Å²) in [5.74, 6) is -0.00836. The molecule has 172 valence electrons. The number of benzene rings is 1. The van der Waals surface area contributed by atoms with Gasteiger partial charge in [-0.15, -0.1) is 0 Å². The summed E-state index contributed by atoms with van der Waals surface area (Å²) in [4.78, 5) is 38.0. The van der Waals surface area contributed by atoms with Gasteiger partial charge < -0.3 is 19.7 Å². The highest BCUT2D eigenvalue weighted by Crippen LogP contribution is 2.22. The molecule has 0 radical (unpaired) electrons. The summed E-state index contributed by atoms with van der Waals surface area (Å²) in [5.41, 5.74) is 0.769. The second-order valence-electron chi connectivity index (χ2n) is 9.12. The predicted molar refractivity (Wildman–Crippen MR) is 118 cm³/mol. The van der Waals surface area contributed by atoms with E-state index < -0.39 is 23.8 Å². The van der Waals surface area contributed by atoms with Crippen molar-refractivity contribution in [1.82, 2.24) is 10.2 Å². The normalized spacial score (nSPS) is 15.8. The highest BCUT2D eigenvalue weighted by Gasteiger charge is 2.28. The molecule has 1 aliphatic heterocycles. The van der Waals surface area contributed by atoms with Crippen molar-refractivity contribution < 1.29 is 23.9 Å². The van der Waals surface area contributed by atoms with Gasteiger partial charge in [0.05, 0.1) is 0 Å². The number of amides is 2. The molecule has 31 heavy (non-hydrogen) atoms. The van der Waals surface area contributed by atoms with Crippen LogP contribution in [0.4, 0.5) is 4.79 Å². The summed E-state index contributed by atoms with van der Waals surface area (Å²) < 4.78 is 10.4. The Bertz CT molecular complexity index is 721. The SMILES string of the molecule is C[C@@H](OC(=O)CCCNC(=O)OC(C)(C)C)C(=O)N1CCC(Cc2ccccc2)CC1. The number of nitrogens with one attached hydrogen (secondary N) is 1. The molecule has 2 rings (SSSR count). The molecule has 1 aliphatic rings. The van der Waals surface area contributed by atoms with Gasteiger partial charge in [0.15, 0.2) is 6.10 Å². The van der Waals surface area contributed by atoms with E-state index >= 15 is 0 Å². The number of carbonyl (C=O) groups is 3. The molecular weight excluding hydrogens is 396 g/mol. The first-order chi connectivity index (χ1) is 14.6. The number of hydrogen-bond donors (Lipinski definition) is 1. The van der Waals surface area contributed by atoms with Gasteiger partial charge in [0.25, 0.3) is 5.91 Å². The van der Waals surface area contributed by atoms with Crippen molar-refractivity contribution in [2.24, 2.45) is 5.92 Å². The van der Waals surface area contributed by atoms with Crippen molar-refractivity contribution in [3.63, 3.8) is 0 Å². The fourth-order valence-corrected chi connectivity index (χ4v) is 3.61. The quantitative estimate of drug-likeness (QED) is 0.500. The van der Waals surface area contributed by atoms with Gasteiger partial charge in [-0.05, 0) is 64.9 Å². The minimum Gasteiger partial charge on any atom is -0.453 e. The number of hydrogen-bond acceptors (Lipinski definition) is 5. The topological polar surface area (TPSA) is 84.9 Å². The molecule has 2 amide bonds. The van der Waals surface area contributed by atoms with E-state index in [1.807, 2.05) is 6.07 Å². The van der Waals surface area contributed by atoms with E-state index in [2.05, 4.69) is 29.6 Å². The van der Waals surface area contributed by atoms with E-state index in [4.69, 9.17) is 9.47 Å². The maximum absolute atomic E-state index is 12.6. The number of ether oxygens (including phenoxy) is 2. The highest BCUT2D eigenvalue weighted by molar-refractivity contribution is 5.83. The molecule has 0 aromatic heterocycles. The molecule has 0 unspecified atom stereocenters. The molecule has 1 heterocycles. The Labute approximate surface area is 185 Å². The monoisotopic (exact) mass is 432 g/mol. The fraction of sp³-hybridized carbons (Fsp3) is 0.625. The second kappa shape index (κ2) is 11.7. The van der Waals surface area contributed by atoms with Crippen molar-refractivity contribution >= 4 is 18.0 Å². The Hall–Kier alpha value is -2.57. The standard InChI is InChI=1S/C24H36N2O5/c1-18(30-21(27)11-8-14-25-23(29)31-24(2,3)4)22(28)26-15-12-20(13-16-26)17-19-9-6-5-7-10-19/h5-7,9-10,18,20H,8,11-17H2,1-4H3,(H,25,29)/t18-/m1/s1. The van der Waals surface area contributed by atoms with E-state index in [9.17, 15) is 14.4 Å². The average molecular weight is 433 g/mol. The summed E-state index contributed by atoms with van der Waals surface area (Å²) in [6, 6.07) is 10.4. The third kappa shape index (κ3) is 9.40. The van der Waals surface area contributed by atoms with Crippen molar-refractivity contribution in [2.75, 3.05) is 19.6 Å². The van der Waals surface area contributed by atoms with E-state index in [-0.39, 0.29) is 12.3 Å². The number of piperidine rings is 1. The van der Waals surface area contributed by atoms with Crippen molar-refractivity contribution in [3.05, 3.63) is 35.9 Å². The van der Waals surface area contributed by atoms with Crippen LogP contribution in [0.5, 0.6) is 0 Å². The Kier molecular flexibility index (Phi) is 9.34. The molecule has 1 fully saturated rings. The lowest BCUT2D eigenvalue weighted by Gasteiger charge is -2.33. The first kappa shape index (κ1) is 24.7. The van der Waals surface area contributed by atoms with E-state index in [1.165, 1.54) is 5.56 Å². The second-order valence-corrected chi connectivity index (χ2v) is 9.12. The Morgan fingerprint density at radius 3 is 2.39 bits per heavy atom. The zero-order valence-corrected chi connectivity index (χ0v) is 19.2. The Balaban J connectivity index is 1.63. The van der Waals surface area contributed by atoms with Crippen LogP contribution >= 0.6 is 0 Å². The zero-order valence-electron chi connectivity index (χ0n) is 19.2. The van der Waals surface area contributed by atoms with Crippen LogP contribution in [0.25, 0.3) is 0 Å². The Morgan fingerprint density at radius 1 is 1.13 bits per heavy atom. The molecule has 7 nitrogen and oxygen atoms in total. The van der Waals surface area contributed by atoms with Crippen LogP contribution < -0.4 is 5.32 Å². The molecule has 1 atom stereocenters. The predicted octanol–water partition coefficient (Wildman–Crippen LogP) is 3.70. The lowest BCUT2D eigenvalue weighted by atomic mass is 9.90. The molecular formula is C24H36N2O5. The first-order valence-corrected chi connectivity index (χ1v) is 11.1. The van der Waals surface area contributed by atoms with E-state index in [0.29, 0.717) is 32.0 Å². The van der Waals surface area contributed by atoms with Crippen LogP contribution in [0, 0.1) is 5.92 Å².